The van der Waals surface area contributed by atoms with E-state index >= 15 is 0 Å². The third kappa shape index (κ3) is 5.01. The maximum Gasteiger partial charge on any atom is 0.417 e. The van der Waals surface area contributed by atoms with E-state index < -0.39 is 72.6 Å². The number of rotatable bonds is 4. The van der Waals surface area contributed by atoms with Crippen molar-refractivity contribution in [1.82, 2.24) is 0 Å². The van der Waals surface area contributed by atoms with Crippen molar-refractivity contribution in [2.45, 2.75) is 75.6 Å². The zero-order chi connectivity index (χ0) is 21.6. The van der Waals surface area contributed by atoms with Crippen molar-refractivity contribution in [2.75, 3.05) is 0 Å². The molecular formula is C15H20F8O4. The Hall–Kier alpha value is -1.17. The maximum absolute atomic E-state index is 13.1. The van der Waals surface area contributed by atoms with Gasteiger partial charge in [-0.1, -0.05) is 0 Å². The molecule has 4 nitrogen and oxygen atoms in total. The van der Waals surface area contributed by atoms with Crippen molar-refractivity contribution < 1.29 is 54.9 Å². The SMILES string of the molecule is CC(F)(F)C(=O)OC1CC(C(C)(O)C(F)(F)F)CC(C(C)(O)C(F)(F)F)C1. The predicted octanol–water partition coefficient (Wildman–Crippen LogP) is 3.60. The number of carbonyl (C=O) groups excluding carboxylic acids is 1. The first-order valence-corrected chi connectivity index (χ1v) is 7.88. The van der Waals surface area contributed by atoms with E-state index in [1.54, 1.807) is 0 Å². The van der Waals surface area contributed by atoms with Crippen LogP contribution in [0.2, 0.25) is 0 Å². The first-order chi connectivity index (χ1) is 11.7. The molecule has 0 aliphatic heterocycles. The average Bonchev–Trinajstić information content (AvgIpc) is 2.43. The van der Waals surface area contributed by atoms with Crippen molar-refractivity contribution >= 4 is 5.97 Å². The molecule has 2 N–H and O–H groups in total. The lowest BCUT2D eigenvalue weighted by Crippen LogP contribution is -2.57. The van der Waals surface area contributed by atoms with Gasteiger partial charge < -0.3 is 14.9 Å². The van der Waals surface area contributed by atoms with Crippen LogP contribution in [0.25, 0.3) is 0 Å². The molecule has 0 bridgehead atoms. The summed E-state index contributed by atoms with van der Waals surface area (Å²) in [6.07, 6.45) is -14.7. The third-order valence-corrected chi connectivity index (χ3v) is 5.03. The fourth-order valence-corrected chi connectivity index (χ4v) is 3.00. The highest BCUT2D eigenvalue weighted by molar-refractivity contribution is 5.77. The molecule has 0 saturated heterocycles. The first-order valence-electron chi connectivity index (χ1n) is 7.88. The van der Waals surface area contributed by atoms with Crippen molar-refractivity contribution in [3.63, 3.8) is 0 Å². The van der Waals surface area contributed by atoms with E-state index in [0.717, 1.165) is 0 Å². The molecule has 0 radical (unpaired) electrons. The fourth-order valence-electron chi connectivity index (χ4n) is 3.00. The number of esters is 1. The van der Waals surface area contributed by atoms with E-state index in [4.69, 9.17) is 0 Å². The van der Waals surface area contributed by atoms with Crippen LogP contribution in [0, 0.1) is 11.8 Å². The summed E-state index contributed by atoms with van der Waals surface area (Å²) in [5.74, 6) is -9.98. The number of hydrogen-bond donors (Lipinski definition) is 2. The molecule has 0 amide bonds. The minimum atomic E-state index is -5.24. The number of aliphatic hydroxyl groups is 2. The molecule has 0 aromatic rings. The monoisotopic (exact) mass is 416 g/mol. The van der Waals surface area contributed by atoms with Crippen molar-refractivity contribution in [1.29, 1.82) is 0 Å². The topological polar surface area (TPSA) is 66.8 Å². The Morgan fingerprint density at radius 3 is 1.37 bits per heavy atom. The first kappa shape index (κ1) is 23.9. The molecule has 1 aliphatic carbocycles. The van der Waals surface area contributed by atoms with Gasteiger partial charge in [-0.15, -0.1) is 0 Å². The molecule has 160 valence electrons. The third-order valence-electron chi connectivity index (χ3n) is 5.03. The average molecular weight is 416 g/mol. The molecule has 4 unspecified atom stereocenters. The summed E-state index contributed by atoms with van der Waals surface area (Å²) < 4.78 is 109. The zero-order valence-corrected chi connectivity index (χ0v) is 14.6. The van der Waals surface area contributed by atoms with Gasteiger partial charge in [0.25, 0.3) is 0 Å². The van der Waals surface area contributed by atoms with Crippen LogP contribution in [-0.2, 0) is 9.53 Å². The maximum atomic E-state index is 13.1. The van der Waals surface area contributed by atoms with Gasteiger partial charge in [0.05, 0.1) is 0 Å². The van der Waals surface area contributed by atoms with Crippen LogP contribution >= 0.6 is 0 Å². The smallest absolute Gasteiger partial charge is 0.417 e. The molecule has 4 atom stereocenters. The van der Waals surface area contributed by atoms with E-state index in [2.05, 4.69) is 4.74 Å². The Labute approximate surface area is 149 Å². The van der Waals surface area contributed by atoms with Crippen molar-refractivity contribution in [3.05, 3.63) is 0 Å². The van der Waals surface area contributed by atoms with Gasteiger partial charge in [-0.25, -0.2) is 4.79 Å². The summed E-state index contributed by atoms with van der Waals surface area (Å²) in [5, 5.41) is 19.6. The van der Waals surface area contributed by atoms with Crippen LogP contribution in [0.5, 0.6) is 0 Å². The van der Waals surface area contributed by atoms with Gasteiger partial charge >= 0.3 is 24.2 Å². The number of carbonyl (C=O) groups is 1. The van der Waals surface area contributed by atoms with Gasteiger partial charge in [-0.3, -0.25) is 0 Å². The Kier molecular flexibility index (Phi) is 6.20. The Balaban J connectivity index is 3.23. The molecular weight excluding hydrogens is 396 g/mol. The molecule has 0 aromatic carbocycles. The van der Waals surface area contributed by atoms with E-state index in [-0.39, 0.29) is 6.92 Å². The second-order valence-electron chi connectivity index (χ2n) is 7.31. The minimum absolute atomic E-state index is 0.158. The Morgan fingerprint density at radius 2 is 1.11 bits per heavy atom. The van der Waals surface area contributed by atoms with Gasteiger partial charge in [0.15, 0.2) is 11.2 Å². The lowest BCUT2D eigenvalue weighted by molar-refractivity contribution is -0.299. The van der Waals surface area contributed by atoms with Crippen molar-refractivity contribution in [3.8, 4) is 0 Å². The second-order valence-corrected chi connectivity index (χ2v) is 7.31. The highest BCUT2D eigenvalue weighted by Gasteiger charge is 2.62. The Bertz CT molecular complexity index is 513. The van der Waals surface area contributed by atoms with Crippen LogP contribution in [-0.4, -0.2) is 51.8 Å². The van der Waals surface area contributed by atoms with E-state index in [1.807, 2.05) is 0 Å². The second kappa shape index (κ2) is 7.02. The summed E-state index contributed by atoms with van der Waals surface area (Å²) in [5.41, 5.74) is -6.96. The molecule has 0 spiro atoms. The van der Waals surface area contributed by atoms with E-state index in [0.29, 0.717) is 13.8 Å². The van der Waals surface area contributed by atoms with Gasteiger partial charge in [0, 0.05) is 18.8 Å². The van der Waals surface area contributed by atoms with Gasteiger partial charge in [0.2, 0.25) is 0 Å². The van der Waals surface area contributed by atoms with Crippen LogP contribution < -0.4 is 0 Å². The number of halogens is 8. The molecule has 27 heavy (non-hydrogen) atoms. The molecule has 1 saturated carbocycles. The van der Waals surface area contributed by atoms with Crippen molar-refractivity contribution in [2.24, 2.45) is 11.8 Å². The predicted molar refractivity (Wildman–Crippen MR) is 74.7 cm³/mol. The summed E-state index contributed by atoms with van der Waals surface area (Å²) in [6, 6.07) is 0. The summed E-state index contributed by atoms with van der Waals surface area (Å²) in [4.78, 5) is 11.3. The highest BCUT2D eigenvalue weighted by atomic mass is 19.4. The van der Waals surface area contributed by atoms with Crippen LogP contribution in [0.4, 0.5) is 35.1 Å². The van der Waals surface area contributed by atoms with Crippen LogP contribution in [0.1, 0.15) is 40.0 Å². The molecule has 0 heterocycles. The molecule has 1 fully saturated rings. The minimum Gasteiger partial charge on any atom is -0.458 e. The highest BCUT2D eigenvalue weighted by Crippen LogP contribution is 2.50. The molecule has 1 rings (SSSR count). The number of ether oxygens (including phenoxy) is 1. The molecule has 0 aromatic heterocycles. The molecule has 12 heteroatoms. The molecule has 1 aliphatic rings. The standard InChI is InChI=1S/C15H20F8O4/c1-11(25,14(18,19)20)7-4-8(12(2,26)15(21,22)23)6-9(5-7)27-10(24)13(3,16)17/h7-9,25-26H,4-6H2,1-3H3. The van der Waals surface area contributed by atoms with Gasteiger partial charge in [-0.05, 0) is 33.1 Å². The normalized spacial score (nSPS) is 29.6. The number of hydrogen-bond acceptors (Lipinski definition) is 4. The number of alkyl halides is 8. The quantitative estimate of drug-likeness (QED) is 0.543. The lowest BCUT2D eigenvalue weighted by Gasteiger charge is -2.46. The van der Waals surface area contributed by atoms with Gasteiger partial charge in [0.1, 0.15) is 6.10 Å². The van der Waals surface area contributed by atoms with E-state index in [9.17, 15) is 50.1 Å². The Morgan fingerprint density at radius 1 is 0.778 bits per heavy atom. The van der Waals surface area contributed by atoms with Crippen LogP contribution in [0.15, 0.2) is 0 Å². The zero-order valence-electron chi connectivity index (χ0n) is 14.6. The summed E-state index contributed by atoms with van der Waals surface area (Å²) in [7, 11) is 0. The summed E-state index contributed by atoms with van der Waals surface area (Å²) in [6.45, 7) is 0.816. The fraction of sp³-hybridized carbons (Fsp3) is 0.933. The summed E-state index contributed by atoms with van der Waals surface area (Å²) >= 11 is 0. The lowest BCUT2D eigenvalue weighted by atomic mass is 9.67. The largest absolute Gasteiger partial charge is 0.458 e. The van der Waals surface area contributed by atoms with E-state index in [1.165, 1.54) is 0 Å². The van der Waals surface area contributed by atoms with Crippen LogP contribution in [0.3, 0.4) is 0 Å². The van der Waals surface area contributed by atoms with Gasteiger partial charge in [-0.2, -0.15) is 35.1 Å².